The number of piperazine rings is 1. The quantitative estimate of drug-likeness (QED) is 0.905. The molecule has 2 atom stereocenters. The van der Waals surface area contributed by atoms with E-state index in [4.69, 9.17) is 0 Å². The van der Waals surface area contributed by atoms with E-state index in [1.165, 1.54) is 0 Å². The van der Waals surface area contributed by atoms with Crippen molar-refractivity contribution in [1.82, 2.24) is 15.2 Å². The van der Waals surface area contributed by atoms with Gasteiger partial charge in [-0.1, -0.05) is 19.9 Å². The fourth-order valence-electron chi connectivity index (χ4n) is 2.52. The molecule has 1 N–H and O–H groups in total. The number of amides is 2. The normalized spacial score (nSPS) is 26.6. The molecular formula is C15H21N3O2. The molecule has 0 bridgehead atoms. The second kappa shape index (κ2) is 5.61. The lowest BCUT2D eigenvalue weighted by atomic mass is 9.91. The van der Waals surface area contributed by atoms with Gasteiger partial charge in [-0.25, -0.2) is 0 Å². The van der Waals surface area contributed by atoms with Crippen molar-refractivity contribution in [2.45, 2.75) is 51.7 Å². The average Bonchev–Trinajstić information content (AvgIpc) is 2.46. The van der Waals surface area contributed by atoms with Gasteiger partial charge in [0.2, 0.25) is 11.8 Å². The van der Waals surface area contributed by atoms with Crippen LogP contribution >= 0.6 is 0 Å². The second-order valence-electron chi connectivity index (χ2n) is 5.39. The fraction of sp³-hybridized carbons (Fsp3) is 0.533. The molecule has 1 saturated heterocycles. The molecule has 0 radical (unpaired) electrons. The van der Waals surface area contributed by atoms with Gasteiger partial charge in [-0.2, -0.15) is 0 Å². The highest BCUT2D eigenvalue weighted by Crippen LogP contribution is 2.24. The highest BCUT2D eigenvalue weighted by Gasteiger charge is 2.46. The number of aromatic nitrogens is 1. The standard InChI is InChI=1S/C15H21N3O2/c1-4-12-13(19)17-15(3,5-2)14(20)18(12)10-11-7-6-8-16-9-11/h6-9,12H,4-5,10H2,1-3H3,(H,17,19). The minimum Gasteiger partial charge on any atom is -0.340 e. The first-order valence-corrected chi connectivity index (χ1v) is 7.03. The Kier molecular flexibility index (Phi) is 4.06. The third kappa shape index (κ3) is 2.53. The summed E-state index contributed by atoms with van der Waals surface area (Å²) in [7, 11) is 0. The molecule has 1 aliphatic heterocycles. The van der Waals surface area contributed by atoms with Crippen LogP contribution in [-0.2, 0) is 16.1 Å². The fourth-order valence-corrected chi connectivity index (χ4v) is 2.52. The van der Waals surface area contributed by atoms with E-state index in [-0.39, 0.29) is 11.8 Å². The molecule has 1 aliphatic rings. The lowest BCUT2D eigenvalue weighted by Gasteiger charge is -2.44. The summed E-state index contributed by atoms with van der Waals surface area (Å²) in [5.41, 5.74) is 0.137. The first kappa shape index (κ1) is 14.5. The Labute approximate surface area is 119 Å². The molecule has 1 aromatic heterocycles. The smallest absolute Gasteiger partial charge is 0.249 e. The van der Waals surface area contributed by atoms with Crippen LogP contribution in [0.3, 0.4) is 0 Å². The highest BCUT2D eigenvalue weighted by molar-refractivity contribution is 5.99. The van der Waals surface area contributed by atoms with E-state index < -0.39 is 11.6 Å². The topological polar surface area (TPSA) is 62.3 Å². The summed E-state index contributed by atoms with van der Waals surface area (Å²) in [6.45, 7) is 6.04. The van der Waals surface area contributed by atoms with E-state index in [9.17, 15) is 9.59 Å². The molecule has 108 valence electrons. The molecule has 20 heavy (non-hydrogen) atoms. The Morgan fingerprint density at radius 3 is 2.70 bits per heavy atom. The Morgan fingerprint density at radius 2 is 2.15 bits per heavy atom. The number of nitrogens with zero attached hydrogens (tertiary/aromatic N) is 2. The van der Waals surface area contributed by atoms with Crippen LogP contribution in [0, 0.1) is 0 Å². The average molecular weight is 275 g/mol. The molecule has 2 unspecified atom stereocenters. The number of hydrogen-bond donors (Lipinski definition) is 1. The van der Waals surface area contributed by atoms with E-state index >= 15 is 0 Å². The summed E-state index contributed by atoms with van der Waals surface area (Å²) in [5.74, 6) is -0.0874. The van der Waals surface area contributed by atoms with Gasteiger partial charge in [0, 0.05) is 18.9 Å². The predicted octanol–water partition coefficient (Wildman–Crippen LogP) is 1.49. The van der Waals surface area contributed by atoms with Gasteiger partial charge >= 0.3 is 0 Å². The van der Waals surface area contributed by atoms with Gasteiger partial charge in [0.15, 0.2) is 0 Å². The second-order valence-corrected chi connectivity index (χ2v) is 5.39. The molecule has 2 rings (SSSR count). The van der Waals surface area contributed by atoms with Gasteiger partial charge in [0.25, 0.3) is 0 Å². The Bertz CT molecular complexity index is 503. The zero-order chi connectivity index (χ0) is 14.8. The van der Waals surface area contributed by atoms with Gasteiger partial charge in [-0.3, -0.25) is 14.6 Å². The van der Waals surface area contributed by atoms with Crippen LogP contribution in [0.15, 0.2) is 24.5 Å². The molecule has 0 spiro atoms. The first-order chi connectivity index (χ1) is 9.51. The first-order valence-electron chi connectivity index (χ1n) is 7.03. The van der Waals surface area contributed by atoms with Crippen molar-refractivity contribution in [2.24, 2.45) is 0 Å². The molecule has 1 fully saturated rings. The van der Waals surface area contributed by atoms with Crippen LogP contribution in [0.4, 0.5) is 0 Å². The number of hydrogen-bond acceptors (Lipinski definition) is 3. The lowest BCUT2D eigenvalue weighted by Crippen LogP contribution is -2.68. The van der Waals surface area contributed by atoms with Crippen LogP contribution in [0.1, 0.15) is 39.2 Å². The van der Waals surface area contributed by atoms with E-state index in [1.54, 1.807) is 24.2 Å². The van der Waals surface area contributed by atoms with Crippen molar-refractivity contribution in [2.75, 3.05) is 0 Å². The molecule has 2 amide bonds. The summed E-state index contributed by atoms with van der Waals surface area (Å²) >= 11 is 0. The molecule has 0 aliphatic carbocycles. The minimum atomic E-state index is -0.801. The third-order valence-corrected chi connectivity index (χ3v) is 3.98. The van der Waals surface area contributed by atoms with Gasteiger partial charge in [-0.15, -0.1) is 0 Å². The van der Waals surface area contributed by atoms with E-state index in [0.29, 0.717) is 19.4 Å². The highest BCUT2D eigenvalue weighted by atomic mass is 16.2. The number of pyridine rings is 1. The van der Waals surface area contributed by atoms with Crippen LogP contribution in [0.25, 0.3) is 0 Å². The summed E-state index contributed by atoms with van der Waals surface area (Å²) in [5, 5.41) is 2.86. The minimum absolute atomic E-state index is 0.0182. The monoisotopic (exact) mass is 275 g/mol. The molecule has 0 saturated carbocycles. The van der Waals surface area contributed by atoms with Crippen molar-refractivity contribution in [3.8, 4) is 0 Å². The van der Waals surface area contributed by atoms with Crippen LogP contribution in [-0.4, -0.2) is 33.3 Å². The summed E-state index contributed by atoms with van der Waals surface area (Å²) in [4.78, 5) is 30.7. The molecule has 0 aromatic carbocycles. The SMILES string of the molecule is CCC1C(=O)NC(C)(CC)C(=O)N1Cc1cccnc1. The van der Waals surface area contributed by atoms with Crippen molar-refractivity contribution in [3.05, 3.63) is 30.1 Å². The van der Waals surface area contributed by atoms with Gasteiger partial charge in [0.1, 0.15) is 11.6 Å². The van der Waals surface area contributed by atoms with Gasteiger partial charge < -0.3 is 10.2 Å². The predicted molar refractivity (Wildman–Crippen MR) is 75.7 cm³/mol. The lowest BCUT2D eigenvalue weighted by molar-refractivity contribution is -0.155. The number of carbonyl (C=O) groups is 2. The Morgan fingerprint density at radius 1 is 1.40 bits per heavy atom. The summed E-state index contributed by atoms with van der Waals surface area (Å²) in [6.07, 6.45) is 4.62. The number of rotatable bonds is 4. The van der Waals surface area contributed by atoms with Crippen molar-refractivity contribution >= 4 is 11.8 Å². The van der Waals surface area contributed by atoms with Crippen LogP contribution in [0.5, 0.6) is 0 Å². The molecule has 5 nitrogen and oxygen atoms in total. The maximum atomic E-state index is 12.7. The molecular weight excluding hydrogens is 254 g/mol. The van der Waals surface area contributed by atoms with E-state index in [2.05, 4.69) is 10.3 Å². The van der Waals surface area contributed by atoms with Gasteiger partial charge in [0.05, 0.1) is 0 Å². The zero-order valence-electron chi connectivity index (χ0n) is 12.2. The van der Waals surface area contributed by atoms with Gasteiger partial charge in [-0.05, 0) is 31.4 Å². The molecule has 2 heterocycles. The number of nitrogens with one attached hydrogen (secondary N) is 1. The maximum absolute atomic E-state index is 12.7. The van der Waals surface area contributed by atoms with Crippen molar-refractivity contribution < 1.29 is 9.59 Å². The Balaban J connectivity index is 2.30. The van der Waals surface area contributed by atoms with Crippen molar-refractivity contribution in [3.63, 3.8) is 0 Å². The number of carbonyl (C=O) groups excluding carboxylic acids is 2. The van der Waals surface area contributed by atoms with Crippen LogP contribution < -0.4 is 5.32 Å². The largest absolute Gasteiger partial charge is 0.340 e. The maximum Gasteiger partial charge on any atom is 0.249 e. The van der Waals surface area contributed by atoms with E-state index in [0.717, 1.165) is 5.56 Å². The molecule has 5 heteroatoms. The van der Waals surface area contributed by atoms with Crippen LogP contribution in [0.2, 0.25) is 0 Å². The van der Waals surface area contributed by atoms with E-state index in [1.807, 2.05) is 26.0 Å². The Hall–Kier alpha value is -1.91. The summed E-state index contributed by atoms with van der Waals surface area (Å²) < 4.78 is 0. The van der Waals surface area contributed by atoms with Crippen molar-refractivity contribution in [1.29, 1.82) is 0 Å². The third-order valence-electron chi connectivity index (χ3n) is 3.98. The zero-order valence-corrected chi connectivity index (χ0v) is 12.2. The molecule has 1 aromatic rings. The summed E-state index contributed by atoms with van der Waals surface area (Å²) in [6, 6.07) is 3.36.